The molecule has 0 radical (unpaired) electrons. The summed E-state index contributed by atoms with van der Waals surface area (Å²) in [6.07, 6.45) is 1.39. The van der Waals surface area contributed by atoms with E-state index < -0.39 is 16.7 Å². The van der Waals surface area contributed by atoms with Crippen molar-refractivity contribution >= 4 is 22.0 Å². The zero-order valence-corrected chi connectivity index (χ0v) is 8.74. The minimum atomic E-state index is -1.46. The average molecular weight is 224 g/mol. The predicted molar refractivity (Wildman–Crippen MR) is 57.2 cm³/mol. The van der Waals surface area contributed by atoms with Gasteiger partial charge in [0.25, 0.3) is 0 Å². The summed E-state index contributed by atoms with van der Waals surface area (Å²) in [5, 5.41) is 0.632. The fourth-order valence-corrected chi connectivity index (χ4v) is 1.67. The van der Waals surface area contributed by atoms with E-state index in [9.17, 15) is 9.00 Å². The van der Waals surface area contributed by atoms with Gasteiger partial charge in [-0.25, -0.2) is 9.00 Å². The Labute approximate surface area is 88.1 Å². The van der Waals surface area contributed by atoms with Gasteiger partial charge in [0.2, 0.25) is 11.1 Å². The highest BCUT2D eigenvalue weighted by atomic mass is 32.2. The summed E-state index contributed by atoms with van der Waals surface area (Å²) >= 11 is -1.46. The van der Waals surface area contributed by atoms with Gasteiger partial charge in [-0.2, -0.15) is 0 Å². The van der Waals surface area contributed by atoms with E-state index in [0.717, 1.165) is 0 Å². The van der Waals surface area contributed by atoms with Gasteiger partial charge in [0.15, 0.2) is 5.75 Å². The van der Waals surface area contributed by atoms with Gasteiger partial charge in [0.05, 0.1) is 11.5 Å². The molecule has 0 N–H and O–H groups in total. The van der Waals surface area contributed by atoms with Gasteiger partial charge in [0.1, 0.15) is 5.58 Å². The van der Waals surface area contributed by atoms with E-state index in [2.05, 4.69) is 0 Å². The van der Waals surface area contributed by atoms with Crippen LogP contribution in [0.3, 0.4) is 0 Å². The number of hydrogen-bond acceptors (Lipinski definition) is 4. The number of fused-ring (bicyclic) bond motifs is 1. The van der Waals surface area contributed by atoms with Gasteiger partial charge in [-0.05, 0) is 12.1 Å². The van der Waals surface area contributed by atoms with Crippen molar-refractivity contribution in [1.82, 2.24) is 0 Å². The molecule has 2 aromatic rings. The number of benzene rings is 1. The molecule has 0 bridgehead atoms. The van der Waals surface area contributed by atoms with Crippen molar-refractivity contribution in [2.45, 2.75) is 0 Å². The Balaban J connectivity index is 2.71. The quantitative estimate of drug-likeness (QED) is 0.725. The zero-order valence-electron chi connectivity index (χ0n) is 7.93. The predicted octanol–water partition coefficient (Wildman–Crippen LogP) is 1.47. The maximum atomic E-state index is 11.1. The molecule has 15 heavy (non-hydrogen) atoms. The van der Waals surface area contributed by atoms with Crippen LogP contribution in [0.2, 0.25) is 0 Å². The van der Waals surface area contributed by atoms with Crippen LogP contribution in [0.1, 0.15) is 0 Å². The van der Waals surface area contributed by atoms with Crippen LogP contribution in [-0.4, -0.2) is 10.5 Å². The van der Waals surface area contributed by atoms with Crippen LogP contribution >= 0.6 is 0 Å². The van der Waals surface area contributed by atoms with E-state index in [0.29, 0.717) is 11.0 Å². The third-order valence-electron chi connectivity index (χ3n) is 1.82. The van der Waals surface area contributed by atoms with Gasteiger partial charge in [0, 0.05) is 6.26 Å². The SMILES string of the molecule is CS(=O)Oc1cc(=O)oc2ccccc12. The molecular weight excluding hydrogens is 216 g/mol. The van der Waals surface area contributed by atoms with E-state index in [1.165, 1.54) is 12.3 Å². The third-order valence-corrected chi connectivity index (χ3v) is 2.23. The molecule has 1 heterocycles. The highest BCUT2D eigenvalue weighted by Crippen LogP contribution is 2.23. The molecule has 78 valence electrons. The van der Waals surface area contributed by atoms with Gasteiger partial charge in [-0.3, -0.25) is 0 Å². The molecular formula is C10H8O4S. The lowest BCUT2D eigenvalue weighted by Crippen LogP contribution is -2.02. The second kappa shape index (κ2) is 3.86. The molecule has 0 spiro atoms. The maximum absolute atomic E-state index is 11.1. The fourth-order valence-electron chi connectivity index (χ4n) is 1.28. The summed E-state index contributed by atoms with van der Waals surface area (Å²) in [5.74, 6) is 0.280. The van der Waals surface area contributed by atoms with E-state index in [1.807, 2.05) is 0 Å². The van der Waals surface area contributed by atoms with Crippen molar-refractivity contribution in [3.8, 4) is 5.75 Å². The lowest BCUT2D eigenvalue weighted by atomic mass is 10.2. The molecule has 4 nitrogen and oxygen atoms in total. The highest BCUT2D eigenvalue weighted by molar-refractivity contribution is 7.79. The summed E-state index contributed by atoms with van der Waals surface area (Å²) in [6, 6.07) is 8.11. The molecule has 0 saturated carbocycles. The van der Waals surface area contributed by atoms with E-state index >= 15 is 0 Å². The Morgan fingerprint density at radius 2 is 2.07 bits per heavy atom. The van der Waals surface area contributed by atoms with E-state index in [1.54, 1.807) is 24.3 Å². The first kappa shape index (κ1) is 9.92. The second-order valence-electron chi connectivity index (χ2n) is 2.91. The molecule has 1 aromatic heterocycles. The molecule has 0 aliphatic rings. The van der Waals surface area contributed by atoms with Crippen LogP contribution in [0.4, 0.5) is 0 Å². The topological polar surface area (TPSA) is 56.5 Å². The van der Waals surface area contributed by atoms with Crippen molar-refractivity contribution < 1.29 is 12.8 Å². The lowest BCUT2D eigenvalue weighted by molar-refractivity contribution is 0.536. The first-order valence-corrected chi connectivity index (χ1v) is 5.70. The molecule has 0 amide bonds. The first-order chi connectivity index (χ1) is 7.16. The summed E-state index contributed by atoms with van der Waals surface area (Å²) in [4.78, 5) is 11.1. The molecule has 1 aromatic carbocycles. The van der Waals surface area contributed by atoms with Crippen LogP contribution in [-0.2, 0) is 11.1 Å². The minimum Gasteiger partial charge on any atom is -0.422 e. The number of para-hydroxylation sites is 1. The van der Waals surface area contributed by atoms with Crippen molar-refractivity contribution in [3.63, 3.8) is 0 Å². The van der Waals surface area contributed by atoms with Crippen molar-refractivity contribution in [2.24, 2.45) is 0 Å². The van der Waals surface area contributed by atoms with Gasteiger partial charge in [-0.15, -0.1) is 0 Å². The van der Waals surface area contributed by atoms with Crippen molar-refractivity contribution in [2.75, 3.05) is 6.26 Å². The monoisotopic (exact) mass is 224 g/mol. The van der Waals surface area contributed by atoms with Crippen LogP contribution < -0.4 is 9.81 Å². The maximum Gasteiger partial charge on any atom is 0.340 e. The number of rotatable bonds is 2. The Morgan fingerprint density at radius 3 is 2.80 bits per heavy atom. The smallest absolute Gasteiger partial charge is 0.340 e. The fraction of sp³-hybridized carbons (Fsp3) is 0.100. The molecule has 5 heteroatoms. The van der Waals surface area contributed by atoms with Crippen molar-refractivity contribution in [3.05, 3.63) is 40.8 Å². The third kappa shape index (κ3) is 2.07. The first-order valence-electron chi connectivity index (χ1n) is 4.21. The normalized spacial score (nSPS) is 12.6. The lowest BCUT2D eigenvalue weighted by Gasteiger charge is -2.03. The molecule has 1 atom stereocenters. The van der Waals surface area contributed by atoms with E-state index in [-0.39, 0.29) is 5.75 Å². The Morgan fingerprint density at radius 1 is 1.33 bits per heavy atom. The largest absolute Gasteiger partial charge is 0.422 e. The van der Waals surface area contributed by atoms with Crippen LogP contribution in [0.15, 0.2) is 39.5 Å². The molecule has 0 aliphatic heterocycles. The summed E-state index contributed by atoms with van der Waals surface area (Å²) < 4.78 is 20.9. The number of hydrogen-bond donors (Lipinski definition) is 0. The van der Waals surface area contributed by atoms with Gasteiger partial charge >= 0.3 is 5.63 Å². The Kier molecular flexibility index (Phi) is 2.55. The molecule has 0 saturated heterocycles. The standard InChI is InChI=1S/C10H8O4S/c1-15(12)14-9-6-10(11)13-8-5-3-2-4-7(8)9/h2-6H,1H3. The molecule has 0 aliphatic carbocycles. The van der Waals surface area contributed by atoms with Crippen LogP contribution in [0, 0.1) is 0 Å². The van der Waals surface area contributed by atoms with Crippen LogP contribution in [0.5, 0.6) is 5.75 Å². The summed E-state index contributed by atoms with van der Waals surface area (Å²) in [7, 11) is 0. The average Bonchev–Trinajstić information content (AvgIpc) is 2.16. The van der Waals surface area contributed by atoms with Crippen LogP contribution in [0.25, 0.3) is 11.0 Å². The molecule has 1 unspecified atom stereocenters. The molecule has 0 fully saturated rings. The Hall–Kier alpha value is -1.62. The summed E-state index contributed by atoms with van der Waals surface area (Å²) in [6.45, 7) is 0. The second-order valence-corrected chi connectivity index (χ2v) is 3.88. The van der Waals surface area contributed by atoms with Gasteiger partial charge in [-0.1, -0.05) is 12.1 Å². The zero-order chi connectivity index (χ0) is 10.8. The Bertz CT molecular complexity index is 573. The molecule has 2 rings (SSSR count). The van der Waals surface area contributed by atoms with Crippen molar-refractivity contribution in [1.29, 1.82) is 0 Å². The summed E-state index contributed by atoms with van der Waals surface area (Å²) in [5.41, 5.74) is -0.0976. The minimum absolute atomic E-state index is 0.280. The van der Waals surface area contributed by atoms with E-state index in [4.69, 9.17) is 8.60 Å². The van der Waals surface area contributed by atoms with Gasteiger partial charge < -0.3 is 8.60 Å². The highest BCUT2D eigenvalue weighted by Gasteiger charge is 2.07.